The SMILES string of the molecule is C=CCCC(=O)Oc1ccc(OC2NC(=O)C2(CC)CC)cc1. The van der Waals surface area contributed by atoms with Crippen LogP contribution in [0.4, 0.5) is 0 Å². The van der Waals surface area contributed by atoms with Gasteiger partial charge in [-0.2, -0.15) is 0 Å². The van der Waals surface area contributed by atoms with Crippen molar-refractivity contribution in [3.63, 3.8) is 0 Å². The van der Waals surface area contributed by atoms with Crippen molar-refractivity contribution in [1.29, 1.82) is 0 Å². The van der Waals surface area contributed by atoms with Gasteiger partial charge < -0.3 is 14.8 Å². The number of carbonyl (C=O) groups is 2. The highest BCUT2D eigenvalue weighted by Gasteiger charge is 2.54. The van der Waals surface area contributed by atoms with E-state index in [0.717, 1.165) is 12.8 Å². The van der Waals surface area contributed by atoms with E-state index < -0.39 is 5.41 Å². The molecular formula is C18H23NO4. The second kappa shape index (κ2) is 7.31. The van der Waals surface area contributed by atoms with Crippen LogP contribution in [0.1, 0.15) is 39.5 Å². The molecule has 23 heavy (non-hydrogen) atoms. The van der Waals surface area contributed by atoms with E-state index in [2.05, 4.69) is 11.9 Å². The maximum absolute atomic E-state index is 11.8. The van der Waals surface area contributed by atoms with E-state index in [-0.39, 0.29) is 18.1 Å². The van der Waals surface area contributed by atoms with Crippen molar-refractivity contribution in [3.05, 3.63) is 36.9 Å². The molecule has 1 N–H and O–H groups in total. The molecule has 0 bridgehead atoms. The summed E-state index contributed by atoms with van der Waals surface area (Å²) in [6.07, 6.45) is 3.74. The van der Waals surface area contributed by atoms with Crippen LogP contribution in [0.3, 0.4) is 0 Å². The van der Waals surface area contributed by atoms with Crippen LogP contribution in [0.5, 0.6) is 11.5 Å². The minimum absolute atomic E-state index is 0.0419. The minimum atomic E-state index is -0.449. The highest BCUT2D eigenvalue weighted by Crippen LogP contribution is 2.39. The topological polar surface area (TPSA) is 64.6 Å². The van der Waals surface area contributed by atoms with Gasteiger partial charge in [0.15, 0.2) is 6.23 Å². The largest absolute Gasteiger partial charge is 0.470 e. The minimum Gasteiger partial charge on any atom is -0.470 e. The second-order valence-electron chi connectivity index (χ2n) is 5.61. The number of nitrogens with one attached hydrogen (secondary N) is 1. The molecule has 0 saturated carbocycles. The van der Waals surface area contributed by atoms with Gasteiger partial charge >= 0.3 is 5.97 Å². The lowest BCUT2D eigenvalue weighted by Crippen LogP contribution is -2.69. The lowest BCUT2D eigenvalue weighted by atomic mass is 9.73. The molecule has 0 spiro atoms. The Bertz CT molecular complexity index is 575. The Balaban J connectivity index is 1.94. The van der Waals surface area contributed by atoms with Gasteiger partial charge in [-0.25, -0.2) is 0 Å². The summed E-state index contributed by atoms with van der Waals surface area (Å²) >= 11 is 0. The molecule has 1 amide bonds. The molecule has 1 fully saturated rings. The third-order valence-corrected chi connectivity index (χ3v) is 4.34. The van der Waals surface area contributed by atoms with Gasteiger partial charge in [-0.1, -0.05) is 19.9 Å². The summed E-state index contributed by atoms with van der Waals surface area (Å²) in [5.74, 6) is 0.856. The fourth-order valence-corrected chi connectivity index (χ4v) is 2.65. The van der Waals surface area contributed by atoms with Gasteiger partial charge in [-0.3, -0.25) is 9.59 Å². The fraction of sp³-hybridized carbons (Fsp3) is 0.444. The number of amides is 1. The first-order valence-electron chi connectivity index (χ1n) is 7.95. The molecule has 0 radical (unpaired) electrons. The monoisotopic (exact) mass is 317 g/mol. The zero-order chi connectivity index (χ0) is 16.9. The van der Waals surface area contributed by atoms with E-state index in [9.17, 15) is 9.59 Å². The molecule has 1 saturated heterocycles. The molecule has 5 nitrogen and oxygen atoms in total. The molecule has 5 heteroatoms. The van der Waals surface area contributed by atoms with Crippen molar-refractivity contribution in [1.82, 2.24) is 5.32 Å². The number of esters is 1. The maximum atomic E-state index is 11.8. The Morgan fingerprint density at radius 2 is 1.87 bits per heavy atom. The van der Waals surface area contributed by atoms with Gasteiger partial charge in [0.1, 0.15) is 16.9 Å². The van der Waals surface area contributed by atoms with Crippen molar-refractivity contribution < 1.29 is 19.1 Å². The summed E-state index contributed by atoms with van der Waals surface area (Å²) in [6, 6.07) is 6.83. The fourth-order valence-electron chi connectivity index (χ4n) is 2.65. The first-order chi connectivity index (χ1) is 11.1. The van der Waals surface area contributed by atoms with Gasteiger partial charge in [0.05, 0.1) is 0 Å². The summed E-state index contributed by atoms with van der Waals surface area (Å²) < 4.78 is 11.1. The first-order valence-corrected chi connectivity index (χ1v) is 7.95. The molecule has 1 aliphatic heterocycles. The first kappa shape index (κ1) is 17.1. The summed E-state index contributed by atoms with van der Waals surface area (Å²) in [5, 5.41) is 2.80. The van der Waals surface area contributed by atoms with Crippen LogP contribution in [0, 0.1) is 5.41 Å². The van der Waals surface area contributed by atoms with E-state index in [4.69, 9.17) is 9.47 Å². The van der Waals surface area contributed by atoms with Crippen LogP contribution in [-0.4, -0.2) is 18.1 Å². The summed E-state index contributed by atoms with van der Waals surface area (Å²) in [6.45, 7) is 7.55. The van der Waals surface area contributed by atoms with Crippen molar-refractivity contribution in [2.45, 2.75) is 45.8 Å². The average Bonchev–Trinajstić information content (AvgIpc) is 2.55. The van der Waals surface area contributed by atoms with E-state index >= 15 is 0 Å². The third kappa shape index (κ3) is 3.55. The van der Waals surface area contributed by atoms with Crippen molar-refractivity contribution in [3.8, 4) is 11.5 Å². The zero-order valence-corrected chi connectivity index (χ0v) is 13.6. The Hall–Kier alpha value is -2.30. The molecule has 1 atom stereocenters. The predicted molar refractivity (Wildman–Crippen MR) is 87.1 cm³/mol. The second-order valence-corrected chi connectivity index (χ2v) is 5.61. The molecule has 0 aliphatic carbocycles. The van der Waals surface area contributed by atoms with Crippen molar-refractivity contribution >= 4 is 11.9 Å². The quantitative estimate of drug-likeness (QED) is 0.346. The number of benzene rings is 1. The number of rotatable bonds is 8. The van der Waals surface area contributed by atoms with Gasteiger partial charge in [0.2, 0.25) is 5.91 Å². The Labute approximate surface area is 136 Å². The summed E-state index contributed by atoms with van der Waals surface area (Å²) in [7, 11) is 0. The predicted octanol–water partition coefficient (Wildman–Crippen LogP) is 3.20. The standard InChI is InChI=1S/C18H23NO4/c1-4-7-8-15(20)22-13-9-11-14(12-10-13)23-17-18(5-2,6-3)16(21)19-17/h4,9-12,17H,1,5-8H2,2-3H3,(H,19,21). The number of β-lactam (4-membered cyclic amide) rings is 1. The molecular weight excluding hydrogens is 294 g/mol. The Morgan fingerprint density at radius 1 is 1.26 bits per heavy atom. The van der Waals surface area contributed by atoms with Crippen LogP contribution in [0.25, 0.3) is 0 Å². The van der Waals surface area contributed by atoms with Crippen LogP contribution in [-0.2, 0) is 9.59 Å². The Morgan fingerprint density at radius 3 is 2.39 bits per heavy atom. The summed E-state index contributed by atoms with van der Waals surface area (Å²) in [5.41, 5.74) is -0.449. The van der Waals surface area contributed by atoms with Crippen molar-refractivity contribution in [2.24, 2.45) is 5.41 Å². The lowest BCUT2D eigenvalue weighted by molar-refractivity contribution is -0.161. The highest BCUT2D eigenvalue weighted by atomic mass is 16.5. The molecule has 1 aromatic carbocycles. The molecule has 1 aliphatic rings. The number of hydrogen-bond donors (Lipinski definition) is 1. The molecule has 1 unspecified atom stereocenters. The van der Waals surface area contributed by atoms with Gasteiger partial charge in [-0.15, -0.1) is 6.58 Å². The molecule has 2 rings (SSSR count). The van der Waals surface area contributed by atoms with Crippen molar-refractivity contribution in [2.75, 3.05) is 0 Å². The normalized spacial score (nSPS) is 18.5. The van der Waals surface area contributed by atoms with Gasteiger partial charge in [-0.05, 0) is 43.5 Å². The maximum Gasteiger partial charge on any atom is 0.311 e. The van der Waals surface area contributed by atoms with E-state index in [1.165, 1.54) is 0 Å². The van der Waals surface area contributed by atoms with Crippen LogP contribution < -0.4 is 14.8 Å². The van der Waals surface area contributed by atoms with E-state index in [1.807, 2.05) is 13.8 Å². The lowest BCUT2D eigenvalue weighted by Gasteiger charge is -2.47. The number of carbonyl (C=O) groups excluding carboxylic acids is 2. The van der Waals surface area contributed by atoms with Crippen LogP contribution >= 0.6 is 0 Å². The number of ether oxygens (including phenoxy) is 2. The highest BCUT2D eigenvalue weighted by molar-refractivity contribution is 5.89. The van der Waals surface area contributed by atoms with Gasteiger partial charge in [0.25, 0.3) is 0 Å². The molecule has 0 aromatic heterocycles. The summed E-state index contributed by atoms with van der Waals surface area (Å²) in [4.78, 5) is 23.4. The molecule has 124 valence electrons. The smallest absolute Gasteiger partial charge is 0.311 e. The molecule has 1 heterocycles. The Kier molecular flexibility index (Phi) is 5.42. The van der Waals surface area contributed by atoms with E-state index in [1.54, 1.807) is 30.3 Å². The van der Waals surface area contributed by atoms with Gasteiger partial charge in [0, 0.05) is 6.42 Å². The number of hydrogen-bond acceptors (Lipinski definition) is 4. The third-order valence-electron chi connectivity index (χ3n) is 4.34. The average molecular weight is 317 g/mol. The van der Waals surface area contributed by atoms with Crippen LogP contribution in [0.2, 0.25) is 0 Å². The van der Waals surface area contributed by atoms with E-state index in [0.29, 0.717) is 24.3 Å². The zero-order valence-electron chi connectivity index (χ0n) is 13.6. The molecule has 1 aromatic rings. The van der Waals surface area contributed by atoms with Crippen LogP contribution in [0.15, 0.2) is 36.9 Å². The number of allylic oxidation sites excluding steroid dienone is 1.